The molecule has 0 rings (SSSR count). The van der Waals surface area contributed by atoms with E-state index in [1.165, 1.54) is 103 Å². The first-order chi connectivity index (χ1) is 13.5. The Kier molecular flexibility index (Phi) is 19.3. The summed E-state index contributed by atoms with van der Waals surface area (Å²) in [5.74, 6) is 0.249. The van der Waals surface area contributed by atoms with Crippen LogP contribution in [-0.4, -0.2) is 44.1 Å². The molecule has 0 unspecified atom stereocenters. The van der Waals surface area contributed by atoms with E-state index < -0.39 is 0 Å². The van der Waals surface area contributed by atoms with Crippen LogP contribution in [0.5, 0.6) is 0 Å². The van der Waals surface area contributed by atoms with Crippen LogP contribution in [-0.2, 0) is 4.79 Å². The van der Waals surface area contributed by atoms with Crippen molar-refractivity contribution in [3.63, 3.8) is 0 Å². The summed E-state index contributed by atoms with van der Waals surface area (Å²) >= 11 is 0. The Balaban J connectivity index is 3.47. The summed E-state index contributed by atoms with van der Waals surface area (Å²) in [7, 11) is 4.59. The molecule has 0 aliphatic heterocycles. The van der Waals surface area contributed by atoms with Crippen LogP contribution in [0.25, 0.3) is 0 Å². The lowest BCUT2D eigenvalue weighted by atomic mass is 10.1. The summed E-state index contributed by atoms with van der Waals surface area (Å²) in [5.41, 5.74) is 0. The number of carbonyl (C=O) groups excluding carboxylic acids is 1. The molecule has 0 spiro atoms. The van der Waals surface area contributed by atoms with Gasteiger partial charge in [-0.3, -0.25) is 4.79 Å². The zero-order chi connectivity index (χ0) is 20.9. The number of quaternary nitrogens is 1. The van der Waals surface area contributed by atoms with Crippen LogP contribution in [0.3, 0.4) is 0 Å². The molecule has 0 aromatic rings. The molecule has 1 amide bonds. The number of amides is 1. The standard InChI is InChI=1S/C25H52N2O/c1-5-7-9-11-13-14-15-17-19-21-25(28)26-22-24-27(3,4)23-20-18-16-12-10-8-6-2/h5-24H2,1-4H3/p+1. The number of hydrogen-bond donors (Lipinski definition) is 1. The van der Waals surface area contributed by atoms with Gasteiger partial charge in [0, 0.05) is 6.42 Å². The van der Waals surface area contributed by atoms with Crippen LogP contribution < -0.4 is 5.32 Å². The first-order valence-electron chi connectivity index (χ1n) is 12.6. The molecule has 3 heteroatoms. The number of rotatable bonds is 21. The van der Waals surface area contributed by atoms with Gasteiger partial charge in [-0.15, -0.1) is 0 Å². The molecule has 0 aliphatic rings. The molecule has 0 atom stereocenters. The third kappa shape index (κ3) is 20.2. The van der Waals surface area contributed by atoms with Crippen LogP contribution >= 0.6 is 0 Å². The van der Waals surface area contributed by atoms with Gasteiger partial charge >= 0.3 is 0 Å². The monoisotopic (exact) mass is 397 g/mol. The highest BCUT2D eigenvalue weighted by atomic mass is 16.1. The van der Waals surface area contributed by atoms with Crippen molar-refractivity contribution < 1.29 is 9.28 Å². The van der Waals surface area contributed by atoms with E-state index in [2.05, 4.69) is 33.3 Å². The van der Waals surface area contributed by atoms with Gasteiger partial charge in [0.1, 0.15) is 0 Å². The normalized spacial score (nSPS) is 11.7. The molecule has 0 aromatic carbocycles. The van der Waals surface area contributed by atoms with Gasteiger partial charge < -0.3 is 9.80 Å². The molecular formula is C25H53N2O+. The van der Waals surface area contributed by atoms with Crippen molar-refractivity contribution in [2.75, 3.05) is 33.7 Å². The van der Waals surface area contributed by atoms with Crippen LogP contribution in [0.2, 0.25) is 0 Å². The summed E-state index contributed by atoms with van der Waals surface area (Å²) in [6.07, 6.45) is 22.0. The predicted octanol–water partition coefficient (Wildman–Crippen LogP) is 6.85. The van der Waals surface area contributed by atoms with Crippen LogP contribution in [0.15, 0.2) is 0 Å². The van der Waals surface area contributed by atoms with E-state index in [0.29, 0.717) is 6.42 Å². The molecule has 3 nitrogen and oxygen atoms in total. The van der Waals surface area contributed by atoms with Gasteiger partial charge in [-0.05, 0) is 19.3 Å². The Labute approximate surface area is 177 Å². The zero-order valence-electron chi connectivity index (χ0n) is 20.0. The molecule has 0 heterocycles. The van der Waals surface area contributed by atoms with Crippen molar-refractivity contribution in [1.82, 2.24) is 5.32 Å². The quantitative estimate of drug-likeness (QED) is 0.166. The summed E-state index contributed by atoms with van der Waals surface area (Å²) in [6, 6.07) is 0. The first kappa shape index (κ1) is 27.4. The fourth-order valence-corrected chi connectivity index (χ4v) is 3.79. The van der Waals surface area contributed by atoms with Crippen molar-refractivity contribution in [2.24, 2.45) is 0 Å². The summed E-state index contributed by atoms with van der Waals surface area (Å²) < 4.78 is 1.02. The maximum atomic E-state index is 12.0. The van der Waals surface area contributed by atoms with Crippen molar-refractivity contribution in [1.29, 1.82) is 0 Å². The number of carbonyl (C=O) groups is 1. The second-order valence-corrected chi connectivity index (χ2v) is 9.43. The lowest BCUT2D eigenvalue weighted by Crippen LogP contribution is -2.45. The maximum absolute atomic E-state index is 12.0. The van der Waals surface area contributed by atoms with Gasteiger partial charge in [-0.1, -0.05) is 97.3 Å². The van der Waals surface area contributed by atoms with Crippen molar-refractivity contribution in [3.8, 4) is 0 Å². The number of likely N-dealkylation sites (N-methyl/N-ethyl adjacent to an activating group) is 1. The molecule has 0 aliphatic carbocycles. The number of nitrogens with zero attached hydrogens (tertiary/aromatic N) is 1. The highest BCUT2D eigenvalue weighted by Gasteiger charge is 2.14. The molecular weight excluding hydrogens is 344 g/mol. The Bertz CT molecular complexity index is 341. The molecule has 0 radical (unpaired) electrons. The Hall–Kier alpha value is -0.570. The summed E-state index contributed by atoms with van der Waals surface area (Å²) in [4.78, 5) is 12.0. The Morgan fingerprint density at radius 1 is 0.607 bits per heavy atom. The SMILES string of the molecule is CCCCCCCCCCCC(=O)NCC[N+](C)(C)CCCCCCCCC. The average Bonchev–Trinajstić information content (AvgIpc) is 2.66. The topological polar surface area (TPSA) is 29.1 Å². The molecule has 0 saturated heterocycles. The van der Waals surface area contributed by atoms with Gasteiger partial charge in [-0.25, -0.2) is 0 Å². The third-order valence-corrected chi connectivity index (χ3v) is 5.91. The smallest absolute Gasteiger partial charge is 0.220 e. The second kappa shape index (κ2) is 19.7. The van der Waals surface area contributed by atoms with Crippen molar-refractivity contribution >= 4 is 5.91 Å². The first-order valence-corrected chi connectivity index (χ1v) is 12.6. The minimum atomic E-state index is 0.249. The van der Waals surface area contributed by atoms with E-state index >= 15 is 0 Å². The number of nitrogens with one attached hydrogen (secondary N) is 1. The minimum absolute atomic E-state index is 0.249. The lowest BCUT2D eigenvalue weighted by molar-refractivity contribution is -0.889. The number of hydrogen-bond acceptors (Lipinski definition) is 1. The van der Waals surface area contributed by atoms with E-state index in [4.69, 9.17) is 0 Å². The van der Waals surface area contributed by atoms with Crippen LogP contribution in [0, 0.1) is 0 Å². The average molecular weight is 398 g/mol. The fourth-order valence-electron chi connectivity index (χ4n) is 3.79. The van der Waals surface area contributed by atoms with Gasteiger partial charge in [-0.2, -0.15) is 0 Å². The van der Waals surface area contributed by atoms with E-state index in [9.17, 15) is 4.79 Å². The minimum Gasteiger partial charge on any atom is -0.350 e. The van der Waals surface area contributed by atoms with Gasteiger partial charge in [0.2, 0.25) is 5.91 Å². The second-order valence-electron chi connectivity index (χ2n) is 9.43. The number of unbranched alkanes of at least 4 members (excludes halogenated alkanes) is 14. The summed E-state index contributed by atoms with van der Waals surface area (Å²) in [5, 5.41) is 3.13. The van der Waals surface area contributed by atoms with E-state index in [1.54, 1.807) is 0 Å². The van der Waals surface area contributed by atoms with Gasteiger partial charge in [0.25, 0.3) is 0 Å². The fraction of sp³-hybridized carbons (Fsp3) is 0.960. The zero-order valence-corrected chi connectivity index (χ0v) is 20.0. The maximum Gasteiger partial charge on any atom is 0.220 e. The third-order valence-electron chi connectivity index (χ3n) is 5.91. The molecule has 28 heavy (non-hydrogen) atoms. The molecule has 0 aromatic heterocycles. The van der Waals surface area contributed by atoms with Crippen LogP contribution in [0.1, 0.15) is 123 Å². The Morgan fingerprint density at radius 3 is 1.54 bits per heavy atom. The molecule has 168 valence electrons. The van der Waals surface area contributed by atoms with E-state index in [0.717, 1.165) is 24.0 Å². The van der Waals surface area contributed by atoms with E-state index in [1.807, 2.05) is 0 Å². The van der Waals surface area contributed by atoms with Crippen molar-refractivity contribution in [3.05, 3.63) is 0 Å². The highest BCUT2D eigenvalue weighted by Crippen LogP contribution is 2.11. The van der Waals surface area contributed by atoms with Gasteiger partial charge in [0.15, 0.2) is 0 Å². The highest BCUT2D eigenvalue weighted by molar-refractivity contribution is 5.75. The Morgan fingerprint density at radius 2 is 1.04 bits per heavy atom. The predicted molar refractivity (Wildman–Crippen MR) is 125 cm³/mol. The molecule has 0 bridgehead atoms. The van der Waals surface area contributed by atoms with Crippen LogP contribution in [0.4, 0.5) is 0 Å². The largest absolute Gasteiger partial charge is 0.350 e. The van der Waals surface area contributed by atoms with E-state index in [-0.39, 0.29) is 5.91 Å². The lowest BCUT2D eigenvalue weighted by Gasteiger charge is -2.30. The molecule has 0 fully saturated rings. The molecule has 1 N–H and O–H groups in total. The van der Waals surface area contributed by atoms with Gasteiger partial charge in [0.05, 0.1) is 33.7 Å². The van der Waals surface area contributed by atoms with Crippen molar-refractivity contribution in [2.45, 2.75) is 123 Å². The summed E-state index contributed by atoms with van der Waals surface area (Å²) in [6.45, 7) is 7.62. The molecule has 0 saturated carbocycles.